The molecule has 152 valence electrons. The number of furan rings is 1. The number of nitro groups is 1. The summed E-state index contributed by atoms with van der Waals surface area (Å²) in [4.78, 5) is 34.3. The number of carbonyl (C=O) groups excluding carboxylic acids is 2. The van der Waals surface area contributed by atoms with Gasteiger partial charge in [0.2, 0.25) is 5.91 Å². The van der Waals surface area contributed by atoms with Gasteiger partial charge in [0, 0.05) is 17.8 Å². The van der Waals surface area contributed by atoms with Crippen LogP contribution in [0.5, 0.6) is 0 Å². The van der Waals surface area contributed by atoms with Gasteiger partial charge in [-0.1, -0.05) is 24.3 Å². The van der Waals surface area contributed by atoms with Crippen LogP contribution >= 0.6 is 0 Å². The van der Waals surface area contributed by atoms with Gasteiger partial charge >= 0.3 is 0 Å². The zero-order valence-corrected chi connectivity index (χ0v) is 16.0. The van der Waals surface area contributed by atoms with Gasteiger partial charge in [-0.2, -0.15) is 5.10 Å². The molecule has 0 saturated heterocycles. The lowest BCUT2D eigenvalue weighted by atomic mass is 10.1. The van der Waals surface area contributed by atoms with E-state index in [4.69, 9.17) is 4.42 Å². The van der Waals surface area contributed by atoms with Crippen molar-refractivity contribution >= 4 is 28.9 Å². The van der Waals surface area contributed by atoms with Crippen LogP contribution in [0.3, 0.4) is 0 Å². The van der Waals surface area contributed by atoms with E-state index in [0.717, 1.165) is 0 Å². The molecule has 1 heterocycles. The predicted octanol–water partition coefficient (Wildman–Crippen LogP) is 3.52. The van der Waals surface area contributed by atoms with Crippen LogP contribution in [0.2, 0.25) is 0 Å². The number of amides is 2. The Balaban J connectivity index is 1.60. The van der Waals surface area contributed by atoms with Crippen LogP contribution in [0.25, 0.3) is 0 Å². The lowest BCUT2D eigenvalue weighted by Gasteiger charge is -2.07. The average molecular weight is 406 g/mol. The number of nitrogens with one attached hydrogen (secondary N) is 2. The van der Waals surface area contributed by atoms with Crippen molar-refractivity contribution in [1.29, 1.82) is 0 Å². The lowest BCUT2D eigenvalue weighted by molar-refractivity contribution is -0.384. The highest BCUT2D eigenvalue weighted by molar-refractivity contribution is 6.04. The smallest absolute Gasteiger partial charge is 0.291 e. The first-order valence-electron chi connectivity index (χ1n) is 8.94. The minimum Gasteiger partial charge on any atom is -0.459 e. The largest absolute Gasteiger partial charge is 0.459 e. The normalized spacial score (nSPS) is 11.0. The van der Waals surface area contributed by atoms with Crippen molar-refractivity contribution in [2.75, 3.05) is 5.32 Å². The summed E-state index contributed by atoms with van der Waals surface area (Å²) >= 11 is 0. The Hall–Kier alpha value is -4.27. The lowest BCUT2D eigenvalue weighted by Crippen LogP contribution is -2.21. The summed E-state index contributed by atoms with van der Waals surface area (Å²) in [7, 11) is 0. The van der Waals surface area contributed by atoms with Crippen molar-refractivity contribution in [3.8, 4) is 0 Å². The number of nitro benzene ring substituents is 1. The minimum absolute atomic E-state index is 0.0351. The zero-order valence-electron chi connectivity index (χ0n) is 16.0. The monoisotopic (exact) mass is 406 g/mol. The molecule has 3 rings (SSSR count). The first kappa shape index (κ1) is 20.5. The number of hydrazone groups is 1. The van der Waals surface area contributed by atoms with Gasteiger partial charge in [-0.05, 0) is 42.3 Å². The molecule has 0 fully saturated rings. The molecule has 0 spiro atoms. The Bertz CT molecular complexity index is 1090. The van der Waals surface area contributed by atoms with Crippen molar-refractivity contribution in [1.82, 2.24) is 5.43 Å². The van der Waals surface area contributed by atoms with Crippen LogP contribution in [0.4, 0.5) is 11.4 Å². The number of rotatable bonds is 7. The molecular formula is C21H18N4O5. The number of anilines is 1. The molecule has 0 aliphatic heterocycles. The van der Waals surface area contributed by atoms with Gasteiger partial charge < -0.3 is 9.73 Å². The highest BCUT2D eigenvalue weighted by Crippen LogP contribution is 2.14. The molecule has 0 aliphatic rings. The van der Waals surface area contributed by atoms with Crippen LogP contribution in [0, 0.1) is 10.1 Å². The molecule has 2 N–H and O–H groups in total. The third-order valence-electron chi connectivity index (χ3n) is 4.14. The van der Waals surface area contributed by atoms with Gasteiger partial charge in [0.05, 0.1) is 23.3 Å². The second-order valence-corrected chi connectivity index (χ2v) is 6.34. The summed E-state index contributed by atoms with van der Waals surface area (Å²) in [5.74, 6) is -0.530. The zero-order chi connectivity index (χ0) is 21.5. The first-order chi connectivity index (χ1) is 14.4. The van der Waals surface area contributed by atoms with Crippen LogP contribution in [0.15, 0.2) is 76.4 Å². The quantitative estimate of drug-likeness (QED) is 0.353. The molecule has 9 heteroatoms. The van der Waals surface area contributed by atoms with Crippen LogP contribution in [0.1, 0.15) is 28.6 Å². The van der Waals surface area contributed by atoms with Crippen molar-refractivity contribution in [3.05, 3.63) is 93.9 Å². The SMILES string of the molecule is CC(=NNC(=O)Cc1ccc([N+](=O)[O-])cc1)c1cccc(NC(=O)c2ccco2)c1. The van der Waals surface area contributed by atoms with E-state index in [1.807, 2.05) is 0 Å². The van der Waals surface area contributed by atoms with Gasteiger partial charge in [0.1, 0.15) is 0 Å². The maximum absolute atomic E-state index is 12.1. The van der Waals surface area contributed by atoms with Crippen molar-refractivity contribution in [2.24, 2.45) is 5.10 Å². The molecular weight excluding hydrogens is 388 g/mol. The molecule has 0 saturated carbocycles. The standard InChI is InChI=1S/C21H18N4O5/c1-14(23-24-20(26)12-15-7-9-18(10-8-15)25(28)29)16-4-2-5-17(13-16)22-21(27)19-6-3-11-30-19/h2-11,13H,12H2,1H3,(H,22,27)(H,24,26). The number of carbonyl (C=O) groups is 2. The first-order valence-corrected chi connectivity index (χ1v) is 8.94. The van der Waals surface area contributed by atoms with E-state index in [0.29, 0.717) is 22.5 Å². The average Bonchev–Trinajstić information content (AvgIpc) is 3.28. The molecule has 0 atom stereocenters. The molecule has 0 bridgehead atoms. The molecule has 2 amide bonds. The van der Waals surface area contributed by atoms with Crippen LogP contribution in [-0.4, -0.2) is 22.4 Å². The Kier molecular flexibility index (Phi) is 6.33. The van der Waals surface area contributed by atoms with Gasteiger partial charge in [0.15, 0.2) is 5.76 Å². The van der Waals surface area contributed by atoms with E-state index in [9.17, 15) is 19.7 Å². The molecule has 3 aromatic rings. The van der Waals surface area contributed by atoms with Crippen LogP contribution < -0.4 is 10.7 Å². The predicted molar refractivity (Wildman–Crippen MR) is 110 cm³/mol. The molecule has 0 aliphatic carbocycles. The van der Waals surface area contributed by atoms with Crippen molar-refractivity contribution < 1.29 is 18.9 Å². The summed E-state index contributed by atoms with van der Waals surface area (Å²) in [5, 5.41) is 17.5. The maximum Gasteiger partial charge on any atom is 0.291 e. The third kappa shape index (κ3) is 5.38. The number of non-ortho nitro benzene ring substituents is 1. The number of benzene rings is 2. The molecule has 30 heavy (non-hydrogen) atoms. The highest BCUT2D eigenvalue weighted by atomic mass is 16.6. The van der Waals surface area contributed by atoms with Gasteiger partial charge in [-0.3, -0.25) is 19.7 Å². The Morgan fingerprint density at radius 1 is 1.10 bits per heavy atom. The van der Waals surface area contributed by atoms with E-state index in [-0.39, 0.29) is 29.7 Å². The summed E-state index contributed by atoms with van der Waals surface area (Å²) in [6, 6.07) is 15.9. The summed E-state index contributed by atoms with van der Waals surface area (Å²) in [5.41, 5.74) is 4.87. The maximum atomic E-state index is 12.1. The number of hydrogen-bond donors (Lipinski definition) is 2. The fourth-order valence-corrected chi connectivity index (χ4v) is 2.59. The molecule has 0 radical (unpaired) electrons. The van der Waals surface area contributed by atoms with E-state index in [1.165, 1.54) is 30.5 Å². The van der Waals surface area contributed by atoms with Gasteiger partial charge in [-0.25, -0.2) is 5.43 Å². The number of hydrogen-bond acceptors (Lipinski definition) is 6. The van der Waals surface area contributed by atoms with Gasteiger partial charge in [0.25, 0.3) is 11.6 Å². The Labute approximate surface area is 171 Å². The van der Waals surface area contributed by atoms with E-state index in [1.54, 1.807) is 43.3 Å². The summed E-state index contributed by atoms with van der Waals surface area (Å²) in [6.07, 6.45) is 1.45. The minimum atomic E-state index is -0.497. The molecule has 9 nitrogen and oxygen atoms in total. The second-order valence-electron chi connectivity index (χ2n) is 6.34. The second kappa shape index (κ2) is 9.28. The highest BCUT2D eigenvalue weighted by Gasteiger charge is 2.10. The van der Waals surface area contributed by atoms with Gasteiger partial charge in [-0.15, -0.1) is 0 Å². The summed E-state index contributed by atoms with van der Waals surface area (Å²) < 4.78 is 5.06. The fraction of sp³-hybridized carbons (Fsp3) is 0.0952. The van der Waals surface area contributed by atoms with E-state index in [2.05, 4.69) is 15.8 Å². The summed E-state index contributed by atoms with van der Waals surface area (Å²) in [6.45, 7) is 1.72. The Morgan fingerprint density at radius 2 is 1.87 bits per heavy atom. The molecule has 0 unspecified atom stereocenters. The van der Waals surface area contributed by atoms with Crippen molar-refractivity contribution in [2.45, 2.75) is 13.3 Å². The van der Waals surface area contributed by atoms with Crippen molar-refractivity contribution in [3.63, 3.8) is 0 Å². The Morgan fingerprint density at radius 3 is 2.53 bits per heavy atom. The molecule has 2 aromatic carbocycles. The molecule has 1 aromatic heterocycles. The number of nitrogens with zero attached hydrogens (tertiary/aromatic N) is 2. The fourth-order valence-electron chi connectivity index (χ4n) is 2.59. The van der Waals surface area contributed by atoms with Crippen LogP contribution in [-0.2, 0) is 11.2 Å². The topological polar surface area (TPSA) is 127 Å². The third-order valence-corrected chi connectivity index (χ3v) is 4.14. The van der Waals surface area contributed by atoms with E-state index >= 15 is 0 Å². The van der Waals surface area contributed by atoms with E-state index < -0.39 is 4.92 Å².